The van der Waals surface area contributed by atoms with Gasteiger partial charge in [-0.05, 0) is 6.07 Å². The fourth-order valence-corrected chi connectivity index (χ4v) is 0.874. The number of imide groups is 1. The molecular weight excluding hydrogens is 186 g/mol. The number of primary amides is 1. The van der Waals surface area contributed by atoms with Gasteiger partial charge in [0, 0.05) is 24.9 Å². The molecule has 1 heterocycles. The molecule has 0 aliphatic heterocycles. The Morgan fingerprint density at radius 2 is 2.14 bits per heavy atom. The molecule has 0 fully saturated rings. The van der Waals surface area contributed by atoms with Crippen LogP contribution in [0.1, 0.15) is 10.4 Å². The van der Waals surface area contributed by atoms with Crippen LogP contribution in [0.15, 0.2) is 23.1 Å². The molecule has 0 aliphatic rings. The van der Waals surface area contributed by atoms with Gasteiger partial charge >= 0.3 is 6.03 Å². The summed E-state index contributed by atoms with van der Waals surface area (Å²) in [5, 5.41) is 1.86. The van der Waals surface area contributed by atoms with Crippen LogP contribution in [0.25, 0.3) is 0 Å². The van der Waals surface area contributed by atoms with E-state index in [-0.39, 0.29) is 11.1 Å². The first kappa shape index (κ1) is 9.97. The molecule has 14 heavy (non-hydrogen) atoms. The van der Waals surface area contributed by atoms with Crippen molar-refractivity contribution >= 4 is 11.9 Å². The molecule has 0 radical (unpaired) electrons. The van der Waals surface area contributed by atoms with Crippen LogP contribution in [0.5, 0.6) is 0 Å². The van der Waals surface area contributed by atoms with Crippen molar-refractivity contribution in [3.05, 3.63) is 34.2 Å². The van der Waals surface area contributed by atoms with Gasteiger partial charge in [-0.1, -0.05) is 0 Å². The molecule has 0 saturated heterocycles. The largest absolute Gasteiger partial charge is 0.351 e. The fourth-order valence-electron chi connectivity index (χ4n) is 0.874. The lowest BCUT2D eigenvalue weighted by molar-refractivity contribution is 0.0966. The lowest BCUT2D eigenvalue weighted by atomic mass is 10.2. The molecule has 6 nitrogen and oxygen atoms in total. The molecule has 3 amide bonds. The molecule has 1 aromatic heterocycles. The number of carbonyl (C=O) groups is 2. The summed E-state index contributed by atoms with van der Waals surface area (Å²) in [5.74, 6) is -0.685. The second-order valence-corrected chi connectivity index (χ2v) is 2.68. The number of rotatable bonds is 1. The molecule has 0 bridgehead atoms. The summed E-state index contributed by atoms with van der Waals surface area (Å²) >= 11 is 0. The Labute approximate surface area is 79.3 Å². The Bertz CT molecular complexity index is 436. The van der Waals surface area contributed by atoms with Gasteiger partial charge in [-0.2, -0.15) is 0 Å². The number of aryl methyl sites for hydroxylation is 1. The number of nitrogens with one attached hydrogen (secondary N) is 1. The smallest absolute Gasteiger partial charge is 0.319 e. The molecule has 0 unspecified atom stereocenters. The van der Waals surface area contributed by atoms with Crippen LogP contribution in [0, 0.1) is 0 Å². The predicted octanol–water partition coefficient (Wildman–Crippen LogP) is -0.806. The highest BCUT2D eigenvalue weighted by atomic mass is 16.2. The lowest BCUT2D eigenvalue weighted by Crippen LogP contribution is -2.35. The van der Waals surface area contributed by atoms with Crippen molar-refractivity contribution in [2.75, 3.05) is 0 Å². The van der Waals surface area contributed by atoms with E-state index in [1.54, 1.807) is 7.05 Å². The van der Waals surface area contributed by atoms with Gasteiger partial charge in [0.25, 0.3) is 11.5 Å². The first-order valence-electron chi connectivity index (χ1n) is 3.78. The van der Waals surface area contributed by atoms with Crippen molar-refractivity contribution in [2.24, 2.45) is 12.8 Å². The first-order chi connectivity index (χ1) is 6.50. The molecule has 0 aromatic carbocycles. The zero-order valence-corrected chi connectivity index (χ0v) is 7.48. The monoisotopic (exact) mass is 195 g/mol. The number of carbonyl (C=O) groups excluding carboxylic acids is 2. The first-order valence-corrected chi connectivity index (χ1v) is 3.78. The molecule has 74 valence electrons. The highest BCUT2D eigenvalue weighted by Crippen LogP contribution is 1.93. The van der Waals surface area contributed by atoms with E-state index in [2.05, 4.69) is 0 Å². The number of aromatic nitrogens is 1. The van der Waals surface area contributed by atoms with Crippen molar-refractivity contribution < 1.29 is 9.59 Å². The minimum Gasteiger partial charge on any atom is -0.351 e. The predicted molar refractivity (Wildman–Crippen MR) is 48.7 cm³/mol. The third kappa shape index (κ3) is 2.19. The molecule has 3 N–H and O–H groups in total. The molecule has 1 aromatic rings. The number of amides is 3. The number of nitrogens with zero attached hydrogens (tertiary/aromatic N) is 1. The van der Waals surface area contributed by atoms with Crippen LogP contribution < -0.4 is 16.6 Å². The summed E-state index contributed by atoms with van der Waals surface area (Å²) in [6.07, 6.45) is 1.43. The molecular formula is C8H9N3O3. The number of nitrogens with two attached hydrogens (primary N) is 1. The van der Waals surface area contributed by atoms with Crippen LogP contribution in [-0.2, 0) is 7.05 Å². The van der Waals surface area contributed by atoms with Crippen molar-refractivity contribution in [3.63, 3.8) is 0 Å². The summed E-state index contributed by atoms with van der Waals surface area (Å²) in [4.78, 5) is 32.6. The van der Waals surface area contributed by atoms with Crippen LogP contribution >= 0.6 is 0 Å². The summed E-state index contributed by atoms with van der Waals surface area (Å²) in [6, 6.07) is 1.59. The van der Waals surface area contributed by atoms with E-state index in [0.717, 1.165) is 6.07 Å². The number of hydrogen-bond acceptors (Lipinski definition) is 3. The van der Waals surface area contributed by atoms with E-state index in [0.29, 0.717) is 0 Å². The minimum atomic E-state index is -0.948. The Kier molecular flexibility index (Phi) is 2.66. The highest BCUT2D eigenvalue weighted by Gasteiger charge is 2.07. The van der Waals surface area contributed by atoms with Gasteiger partial charge in [0.2, 0.25) is 0 Å². The summed E-state index contributed by atoms with van der Waals surface area (Å²) in [5.41, 5.74) is 4.52. The zero-order valence-electron chi connectivity index (χ0n) is 7.48. The second-order valence-electron chi connectivity index (χ2n) is 2.68. The van der Waals surface area contributed by atoms with Gasteiger partial charge in [0.1, 0.15) is 0 Å². The van der Waals surface area contributed by atoms with Crippen LogP contribution in [0.3, 0.4) is 0 Å². The maximum Gasteiger partial charge on any atom is 0.319 e. The van der Waals surface area contributed by atoms with Crippen molar-refractivity contribution in [1.29, 1.82) is 0 Å². The molecule has 0 saturated carbocycles. The molecule has 6 heteroatoms. The Balaban J connectivity index is 2.97. The normalized spacial score (nSPS) is 9.50. The van der Waals surface area contributed by atoms with Crippen molar-refractivity contribution in [3.8, 4) is 0 Å². The quantitative estimate of drug-likeness (QED) is 0.613. The number of urea groups is 1. The third-order valence-electron chi connectivity index (χ3n) is 1.60. The van der Waals surface area contributed by atoms with Crippen molar-refractivity contribution in [1.82, 2.24) is 9.88 Å². The van der Waals surface area contributed by atoms with Crippen LogP contribution in [-0.4, -0.2) is 16.5 Å². The fraction of sp³-hybridized carbons (Fsp3) is 0.125. The highest BCUT2D eigenvalue weighted by molar-refractivity contribution is 6.03. The Morgan fingerprint density at radius 3 is 2.64 bits per heavy atom. The molecule has 0 aliphatic carbocycles. The third-order valence-corrected chi connectivity index (χ3v) is 1.60. The summed E-state index contributed by atoms with van der Waals surface area (Å²) in [6.45, 7) is 0. The Hall–Kier alpha value is -2.11. The van der Waals surface area contributed by atoms with E-state index in [4.69, 9.17) is 5.73 Å². The van der Waals surface area contributed by atoms with Crippen molar-refractivity contribution in [2.45, 2.75) is 0 Å². The van der Waals surface area contributed by atoms with Gasteiger partial charge < -0.3 is 10.3 Å². The summed E-state index contributed by atoms with van der Waals surface area (Å²) < 4.78 is 1.31. The molecule has 0 atom stereocenters. The number of hydrogen-bond donors (Lipinski definition) is 2. The maximum absolute atomic E-state index is 11.2. The Morgan fingerprint density at radius 1 is 1.50 bits per heavy atom. The van der Waals surface area contributed by atoms with E-state index >= 15 is 0 Å². The van der Waals surface area contributed by atoms with Gasteiger partial charge in [-0.15, -0.1) is 0 Å². The minimum absolute atomic E-state index is 0.104. The van der Waals surface area contributed by atoms with Gasteiger partial charge in [0.15, 0.2) is 0 Å². The van der Waals surface area contributed by atoms with E-state index in [1.165, 1.54) is 16.8 Å². The molecule has 0 spiro atoms. The lowest BCUT2D eigenvalue weighted by Gasteiger charge is -2.01. The van der Waals surface area contributed by atoms with E-state index in [1.807, 2.05) is 5.32 Å². The van der Waals surface area contributed by atoms with Crippen LogP contribution in [0.4, 0.5) is 4.79 Å². The second kappa shape index (κ2) is 3.73. The standard InChI is InChI=1S/C8H9N3O3/c1-11-3-2-5(4-6(11)12)7(13)10-8(9)14/h2-4H,1H3,(H3,9,10,13,14). The average Bonchev–Trinajstić information content (AvgIpc) is 2.08. The van der Waals surface area contributed by atoms with Gasteiger partial charge in [0.05, 0.1) is 0 Å². The van der Waals surface area contributed by atoms with Gasteiger partial charge in [-0.25, -0.2) is 4.79 Å². The van der Waals surface area contributed by atoms with Gasteiger partial charge in [-0.3, -0.25) is 14.9 Å². The van der Waals surface area contributed by atoms with E-state index < -0.39 is 11.9 Å². The maximum atomic E-state index is 11.2. The topological polar surface area (TPSA) is 94.2 Å². The average molecular weight is 195 g/mol. The summed E-state index contributed by atoms with van der Waals surface area (Å²) in [7, 11) is 1.55. The SMILES string of the molecule is Cn1ccc(C(=O)NC(N)=O)cc1=O. The number of pyridine rings is 1. The molecule has 1 rings (SSSR count). The van der Waals surface area contributed by atoms with E-state index in [9.17, 15) is 14.4 Å². The zero-order chi connectivity index (χ0) is 10.7. The van der Waals surface area contributed by atoms with Crippen LogP contribution in [0.2, 0.25) is 0 Å².